The van der Waals surface area contributed by atoms with Gasteiger partial charge in [0.1, 0.15) is 5.76 Å². The quantitative estimate of drug-likeness (QED) is 0.876. The average molecular weight is 292 g/mol. The van der Waals surface area contributed by atoms with Gasteiger partial charge >= 0.3 is 6.03 Å². The third-order valence-electron chi connectivity index (χ3n) is 3.17. The minimum atomic E-state index is -0.256. The first-order valence-electron chi connectivity index (χ1n) is 6.62. The molecule has 0 fully saturated rings. The fourth-order valence-electron chi connectivity index (χ4n) is 2.06. The number of carbonyl (C=O) groups excluding carboxylic acids is 1. The fourth-order valence-corrected chi connectivity index (χ4v) is 2.06. The maximum absolute atomic E-state index is 12.2. The second kappa shape index (κ2) is 6.94. The van der Waals surface area contributed by atoms with Crippen molar-refractivity contribution in [2.24, 2.45) is 7.05 Å². The largest absolute Gasteiger partial charge is 0.467 e. The summed E-state index contributed by atoms with van der Waals surface area (Å²) in [6.07, 6.45) is 3.28. The van der Waals surface area contributed by atoms with Gasteiger partial charge in [0.15, 0.2) is 0 Å². The minimum absolute atomic E-state index is 0.199. The highest BCUT2D eigenvalue weighted by Crippen LogP contribution is 2.13. The van der Waals surface area contributed by atoms with Crippen molar-refractivity contribution in [3.63, 3.8) is 0 Å². The third-order valence-corrected chi connectivity index (χ3v) is 3.17. The van der Waals surface area contributed by atoms with Crippen LogP contribution in [0, 0.1) is 0 Å². The molecule has 0 unspecified atom stereocenters. The van der Waals surface area contributed by atoms with Gasteiger partial charge in [-0.3, -0.25) is 4.68 Å². The van der Waals surface area contributed by atoms with Gasteiger partial charge < -0.3 is 19.4 Å². The van der Waals surface area contributed by atoms with Crippen LogP contribution in [0.4, 0.5) is 4.79 Å². The number of aryl methyl sites for hydroxylation is 1. The van der Waals surface area contributed by atoms with Crippen molar-refractivity contribution < 1.29 is 13.9 Å². The van der Waals surface area contributed by atoms with Gasteiger partial charge in [0.05, 0.1) is 31.2 Å². The first-order chi connectivity index (χ1) is 10.1. The second-order valence-electron chi connectivity index (χ2n) is 4.77. The summed E-state index contributed by atoms with van der Waals surface area (Å²) in [5.74, 6) is 0.733. The van der Waals surface area contributed by atoms with Crippen molar-refractivity contribution in [2.45, 2.75) is 12.6 Å². The van der Waals surface area contributed by atoms with Crippen LogP contribution in [0.25, 0.3) is 0 Å². The highest BCUT2D eigenvalue weighted by Gasteiger charge is 2.20. The first-order valence-corrected chi connectivity index (χ1v) is 6.62. The molecule has 2 rings (SSSR count). The van der Waals surface area contributed by atoms with Gasteiger partial charge in [0.25, 0.3) is 0 Å². The van der Waals surface area contributed by atoms with E-state index in [1.54, 1.807) is 42.3 Å². The number of nitrogens with zero attached hydrogens (tertiary/aromatic N) is 3. The third kappa shape index (κ3) is 3.85. The molecule has 0 saturated heterocycles. The monoisotopic (exact) mass is 292 g/mol. The van der Waals surface area contributed by atoms with Gasteiger partial charge in [0, 0.05) is 27.4 Å². The summed E-state index contributed by atoms with van der Waals surface area (Å²) in [4.78, 5) is 13.8. The number of ether oxygens (including phenoxy) is 1. The van der Waals surface area contributed by atoms with E-state index in [9.17, 15) is 4.79 Å². The van der Waals surface area contributed by atoms with E-state index in [-0.39, 0.29) is 12.1 Å². The average Bonchev–Trinajstić information content (AvgIpc) is 3.09. The summed E-state index contributed by atoms with van der Waals surface area (Å²) < 4.78 is 12.1. The zero-order chi connectivity index (χ0) is 15.2. The van der Waals surface area contributed by atoms with Crippen molar-refractivity contribution in [3.05, 3.63) is 42.1 Å². The Balaban J connectivity index is 1.99. The van der Waals surface area contributed by atoms with E-state index in [2.05, 4.69) is 10.4 Å². The molecule has 21 heavy (non-hydrogen) atoms. The van der Waals surface area contributed by atoms with E-state index in [0.717, 1.165) is 11.5 Å². The molecule has 1 atom stereocenters. The Morgan fingerprint density at radius 2 is 2.38 bits per heavy atom. The smallest absolute Gasteiger partial charge is 0.318 e. The topological polar surface area (TPSA) is 72.5 Å². The maximum atomic E-state index is 12.2. The van der Waals surface area contributed by atoms with Crippen LogP contribution < -0.4 is 5.32 Å². The van der Waals surface area contributed by atoms with Crippen LogP contribution in [0.15, 0.2) is 35.1 Å². The second-order valence-corrected chi connectivity index (χ2v) is 4.77. The molecule has 2 heterocycles. The molecule has 0 spiro atoms. The van der Waals surface area contributed by atoms with E-state index in [0.29, 0.717) is 13.2 Å². The van der Waals surface area contributed by atoms with Gasteiger partial charge in [-0.05, 0) is 18.2 Å². The van der Waals surface area contributed by atoms with E-state index in [1.165, 1.54) is 0 Å². The molecule has 7 nitrogen and oxygen atoms in total. The zero-order valence-corrected chi connectivity index (χ0v) is 12.4. The van der Waals surface area contributed by atoms with Crippen LogP contribution >= 0.6 is 0 Å². The van der Waals surface area contributed by atoms with E-state index < -0.39 is 0 Å². The number of nitrogens with one attached hydrogen (secondary N) is 1. The van der Waals surface area contributed by atoms with E-state index >= 15 is 0 Å². The molecule has 0 aromatic carbocycles. The molecule has 0 aliphatic heterocycles. The minimum Gasteiger partial charge on any atom is -0.467 e. The predicted molar refractivity (Wildman–Crippen MR) is 76.5 cm³/mol. The molecular weight excluding hydrogens is 272 g/mol. The van der Waals surface area contributed by atoms with Gasteiger partial charge in [0.2, 0.25) is 0 Å². The van der Waals surface area contributed by atoms with Gasteiger partial charge in [-0.25, -0.2) is 4.79 Å². The molecule has 0 radical (unpaired) electrons. The Labute approximate surface area is 123 Å². The van der Waals surface area contributed by atoms with Gasteiger partial charge in [-0.15, -0.1) is 0 Å². The summed E-state index contributed by atoms with van der Waals surface area (Å²) in [6.45, 7) is 0.782. The predicted octanol–water partition coefficient (Wildman–Crippen LogP) is 1.54. The molecule has 0 aliphatic carbocycles. The lowest BCUT2D eigenvalue weighted by molar-refractivity contribution is 0.154. The first kappa shape index (κ1) is 15.1. The van der Waals surface area contributed by atoms with Crippen molar-refractivity contribution in [3.8, 4) is 0 Å². The molecule has 0 aliphatic rings. The highest BCUT2D eigenvalue weighted by atomic mass is 16.5. The summed E-state index contributed by atoms with van der Waals surface area (Å²) in [5.41, 5.74) is 0.886. The summed E-state index contributed by atoms with van der Waals surface area (Å²) in [5, 5.41) is 7.05. The van der Waals surface area contributed by atoms with Gasteiger partial charge in [-0.2, -0.15) is 5.10 Å². The van der Waals surface area contributed by atoms with Crippen LogP contribution in [-0.4, -0.2) is 41.5 Å². The fraction of sp³-hybridized carbons (Fsp3) is 0.429. The Morgan fingerprint density at radius 3 is 2.95 bits per heavy atom. The molecule has 2 aromatic heterocycles. The highest BCUT2D eigenvalue weighted by molar-refractivity contribution is 5.74. The van der Waals surface area contributed by atoms with Gasteiger partial charge in [-0.1, -0.05) is 0 Å². The van der Waals surface area contributed by atoms with Crippen molar-refractivity contribution in [2.75, 3.05) is 20.8 Å². The Morgan fingerprint density at radius 1 is 1.57 bits per heavy atom. The van der Waals surface area contributed by atoms with E-state index in [4.69, 9.17) is 9.15 Å². The van der Waals surface area contributed by atoms with Crippen LogP contribution in [-0.2, 0) is 18.3 Å². The lowest BCUT2D eigenvalue weighted by atomic mass is 10.2. The summed E-state index contributed by atoms with van der Waals surface area (Å²) >= 11 is 0. The molecule has 7 heteroatoms. The Hall–Kier alpha value is -2.28. The molecule has 114 valence electrons. The zero-order valence-electron chi connectivity index (χ0n) is 12.4. The number of methoxy groups -OCH3 is 1. The summed E-state index contributed by atoms with van der Waals surface area (Å²) in [6, 6.07) is 5.03. The standard InChI is InChI=1S/C14H20N4O3/c1-17(9-11-5-4-8-21-11)14(19)16-12(10-20-3)13-6-7-15-18(13)2/h4-8,12H,9-10H2,1-3H3,(H,16,19)/t12-/m1/s1. The summed E-state index contributed by atoms with van der Waals surface area (Å²) in [7, 11) is 5.14. The Bertz CT molecular complexity index is 565. The number of rotatable bonds is 6. The Kier molecular flexibility index (Phi) is 4.99. The maximum Gasteiger partial charge on any atom is 0.318 e. The number of urea groups is 1. The molecule has 2 amide bonds. The van der Waals surface area contributed by atoms with Crippen molar-refractivity contribution in [1.29, 1.82) is 0 Å². The van der Waals surface area contributed by atoms with E-state index in [1.807, 2.05) is 19.2 Å². The lowest BCUT2D eigenvalue weighted by Crippen LogP contribution is -2.40. The van der Waals surface area contributed by atoms with Crippen LogP contribution in [0.1, 0.15) is 17.5 Å². The van der Waals surface area contributed by atoms with Crippen molar-refractivity contribution >= 4 is 6.03 Å². The number of aromatic nitrogens is 2. The molecule has 0 bridgehead atoms. The molecule has 0 saturated carbocycles. The molecular formula is C14H20N4O3. The lowest BCUT2D eigenvalue weighted by Gasteiger charge is -2.22. The SMILES string of the molecule is COC[C@@H](NC(=O)N(C)Cc1ccco1)c1ccnn1C. The number of hydrogen-bond donors (Lipinski definition) is 1. The number of furan rings is 1. The molecule has 2 aromatic rings. The number of carbonyl (C=O) groups is 1. The van der Waals surface area contributed by atoms with Crippen LogP contribution in [0.5, 0.6) is 0 Å². The van der Waals surface area contributed by atoms with Crippen molar-refractivity contribution in [1.82, 2.24) is 20.0 Å². The van der Waals surface area contributed by atoms with Crippen LogP contribution in [0.2, 0.25) is 0 Å². The van der Waals surface area contributed by atoms with Crippen LogP contribution in [0.3, 0.4) is 0 Å². The molecule has 1 N–H and O–H groups in total. The number of hydrogen-bond acceptors (Lipinski definition) is 4. The normalized spacial score (nSPS) is 12.1. The number of amides is 2.